The lowest BCUT2D eigenvalue weighted by atomic mass is 9.92. The summed E-state index contributed by atoms with van der Waals surface area (Å²) in [5.74, 6) is 0. The van der Waals surface area contributed by atoms with Gasteiger partial charge in [0.25, 0.3) is 0 Å². The summed E-state index contributed by atoms with van der Waals surface area (Å²) >= 11 is 13.4. The third kappa shape index (κ3) is 23.7. The Hall–Kier alpha value is 1.60. The number of hydrogen-bond acceptors (Lipinski definition) is 8. The van der Waals surface area contributed by atoms with Gasteiger partial charge in [0, 0.05) is 21.3 Å². The van der Waals surface area contributed by atoms with E-state index in [4.69, 9.17) is 37.9 Å². The molecule has 0 aliphatic rings. The van der Waals surface area contributed by atoms with Crippen LogP contribution in [0, 0.1) is 5.41 Å². The van der Waals surface area contributed by atoms with Crippen LogP contribution >= 0.6 is 63.7 Å². The summed E-state index contributed by atoms with van der Waals surface area (Å²) < 4.78 is 45.7. The van der Waals surface area contributed by atoms with Gasteiger partial charge in [0.1, 0.15) is 0 Å². The van der Waals surface area contributed by atoms with Crippen LogP contribution < -0.4 is 0 Å². The molecule has 200 valence electrons. The number of halogens is 4. The molecule has 8 nitrogen and oxygen atoms in total. The Bertz CT molecular complexity index is 317. The molecule has 0 fully saturated rings. The molecule has 33 heavy (non-hydrogen) atoms. The highest BCUT2D eigenvalue weighted by Crippen LogP contribution is 2.21. The van der Waals surface area contributed by atoms with Gasteiger partial charge >= 0.3 is 0 Å². The topological polar surface area (TPSA) is 73.8 Å². The lowest BCUT2D eigenvalue weighted by Crippen LogP contribution is -2.43. The average Bonchev–Trinajstić information content (AvgIpc) is 2.83. The minimum absolute atomic E-state index is 0.428. The number of hydrogen-bond donors (Lipinski definition) is 0. The summed E-state index contributed by atoms with van der Waals surface area (Å²) in [5.41, 5.74) is -0.463. The van der Waals surface area contributed by atoms with E-state index in [9.17, 15) is 0 Å². The Kier molecular flexibility index (Phi) is 29.5. The van der Waals surface area contributed by atoms with E-state index in [1.807, 2.05) is 0 Å². The zero-order valence-electron chi connectivity index (χ0n) is 19.4. The monoisotopic (exact) mass is 736 g/mol. The van der Waals surface area contributed by atoms with Crippen molar-refractivity contribution in [1.29, 1.82) is 0 Å². The lowest BCUT2D eigenvalue weighted by Gasteiger charge is -2.33. The lowest BCUT2D eigenvalue weighted by molar-refractivity contribution is -0.120. The molecule has 0 aliphatic heterocycles. The van der Waals surface area contributed by atoms with E-state index >= 15 is 0 Å². The van der Waals surface area contributed by atoms with Gasteiger partial charge in [-0.2, -0.15) is 0 Å². The van der Waals surface area contributed by atoms with Crippen molar-refractivity contribution in [3.8, 4) is 0 Å². The Morgan fingerprint density at radius 2 is 0.515 bits per heavy atom. The van der Waals surface area contributed by atoms with Crippen LogP contribution in [0.2, 0.25) is 0 Å². The van der Waals surface area contributed by atoms with Gasteiger partial charge in [0.15, 0.2) is 0 Å². The molecule has 0 bridgehead atoms. The van der Waals surface area contributed by atoms with E-state index in [-0.39, 0.29) is 0 Å². The van der Waals surface area contributed by atoms with E-state index in [2.05, 4.69) is 63.7 Å². The van der Waals surface area contributed by atoms with E-state index < -0.39 is 5.41 Å². The summed E-state index contributed by atoms with van der Waals surface area (Å²) in [6, 6.07) is 0. The molecule has 0 rings (SSSR count). The van der Waals surface area contributed by atoms with E-state index in [0.717, 1.165) is 21.3 Å². The Morgan fingerprint density at radius 3 is 0.727 bits per heavy atom. The predicted molar refractivity (Wildman–Crippen MR) is 144 cm³/mol. The maximum Gasteiger partial charge on any atom is 0.0700 e. The highest BCUT2D eigenvalue weighted by molar-refractivity contribution is 9.09. The zero-order valence-corrected chi connectivity index (χ0v) is 25.8. The molecule has 0 aromatic rings. The second-order valence-electron chi connectivity index (χ2n) is 6.92. The van der Waals surface area contributed by atoms with Gasteiger partial charge in [0.2, 0.25) is 0 Å². The minimum Gasteiger partial charge on any atom is -0.378 e. The molecule has 0 saturated heterocycles. The quantitative estimate of drug-likeness (QED) is 0.0890. The molecule has 0 saturated carbocycles. The van der Waals surface area contributed by atoms with Gasteiger partial charge in [-0.15, -0.1) is 0 Å². The fourth-order valence-corrected chi connectivity index (χ4v) is 3.42. The van der Waals surface area contributed by atoms with Crippen LogP contribution in [0.15, 0.2) is 0 Å². The molecule has 0 heterocycles. The third-order valence-corrected chi connectivity index (χ3v) is 5.30. The Balaban J connectivity index is 4.74. The van der Waals surface area contributed by atoms with Gasteiger partial charge in [-0.05, 0) is 0 Å². The summed E-state index contributed by atoms with van der Waals surface area (Å²) in [6.07, 6.45) is 0. The van der Waals surface area contributed by atoms with Crippen molar-refractivity contribution in [1.82, 2.24) is 0 Å². The molecular formula is C21H40Br4O8. The van der Waals surface area contributed by atoms with E-state index in [1.54, 1.807) is 0 Å². The van der Waals surface area contributed by atoms with Crippen molar-refractivity contribution in [2.75, 3.05) is 127 Å². The number of ether oxygens (including phenoxy) is 8. The van der Waals surface area contributed by atoms with Crippen LogP contribution in [0.1, 0.15) is 0 Å². The van der Waals surface area contributed by atoms with Crippen LogP contribution in [0.3, 0.4) is 0 Å². The molecule has 0 N–H and O–H groups in total. The van der Waals surface area contributed by atoms with Gasteiger partial charge in [-0.3, -0.25) is 0 Å². The normalized spacial score (nSPS) is 12.0. The fraction of sp³-hybridized carbons (Fsp3) is 1.00. The molecule has 0 spiro atoms. The van der Waals surface area contributed by atoms with Crippen LogP contribution in [-0.4, -0.2) is 127 Å². The first-order valence-electron chi connectivity index (χ1n) is 11.1. The van der Waals surface area contributed by atoms with Crippen LogP contribution in [0.4, 0.5) is 0 Å². The van der Waals surface area contributed by atoms with Crippen LogP contribution in [0.25, 0.3) is 0 Å². The van der Waals surface area contributed by atoms with E-state index in [1.165, 1.54) is 0 Å². The minimum atomic E-state index is -0.463. The summed E-state index contributed by atoms with van der Waals surface area (Å²) in [5, 5.41) is 3.21. The summed E-state index contributed by atoms with van der Waals surface area (Å²) in [4.78, 5) is 0. The predicted octanol–water partition coefficient (Wildman–Crippen LogP) is 3.69. The largest absolute Gasteiger partial charge is 0.378 e. The first-order chi connectivity index (χ1) is 16.2. The molecule has 0 aromatic carbocycles. The second-order valence-corrected chi connectivity index (χ2v) is 10.1. The number of rotatable bonds is 28. The van der Waals surface area contributed by atoms with Crippen LogP contribution in [0.5, 0.6) is 0 Å². The maximum absolute atomic E-state index is 5.94. The van der Waals surface area contributed by atoms with Gasteiger partial charge < -0.3 is 37.9 Å². The first-order valence-corrected chi connectivity index (χ1v) is 15.6. The van der Waals surface area contributed by atoms with Crippen molar-refractivity contribution in [2.24, 2.45) is 5.41 Å². The zero-order chi connectivity index (χ0) is 24.3. The molecule has 0 atom stereocenters. The molecule has 0 radical (unpaired) electrons. The first kappa shape index (κ1) is 34.6. The summed E-state index contributed by atoms with van der Waals surface area (Å²) in [6.45, 7) is 8.43. The van der Waals surface area contributed by atoms with Gasteiger partial charge in [-0.1, -0.05) is 63.7 Å². The third-order valence-electron chi connectivity index (χ3n) is 4.01. The van der Waals surface area contributed by atoms with Crippen molar-refractivity contribution >= 4 is 63.7 Å². The van der Waals surface area contributed by atoms with Crippen molar-refractivity contribution < 1.29 is 37.9 Å². The highest BCUT2D eigenvalue weighted by Gasteiger charge is 2.32. The average molecular weight is 740 g/mol. The Morgan fingerprint density at radius 1 is 0.303 bits per heavy atom. The highest BCUT2D eigenvalue weighted by atomic mass is 79.9. The van der Waals surface area contributed by atoms with Crippen molar-refractivity contribution in [3.63, 3.8) is 0 Å². The second kappa shape index (κ2) is 28.2. The SMILES string of the molecule is BrCCOCCOCC(COCCOCCBr)(COCCOCCBr)COCCOCCBr. The van der Waals surface area contributed by atoms with Gasteiger partial charge in [-0.25, -0.2) is 0 Å². The van der Waals surface area contributed by atoms with Gasteiger partial charge in [0.05, 0.1) is 111 Å². The fourth-order valence-electron chi connectivity index (χ4n) is 2.50. The van der Waals surface area contributed by atoms with Crippen molar-refractivity contribution in [2.45, 2.75) is 0 Å². The molecule has 0 aromatic heterocycles. The standard InChI is InChI=1S/C21H40Br4O8/c22-1-5-26-9-13-30-17-21(18-31-14-10-27-6-2-23,19-32-15-11-28-7-3-24)20-33-16-12-29-8-4-25/h1-20H2. The smallest absolute Gasteiger partial charge is 0.0700 e. The number of alkyl halides is 4. The Labute approximate surface area is 232 Å². The molecule has 0 aliphatic carbocycles. The van der Waals surface area contributed by atoms with Crippen molar-refractivity contribution in [3.05, 3.63) is 0 Å². The molecule has 0 amide bonds. The van der Waals surface area contributed by atoms with E-state index in [0.29, 0.717) is 106 Å². The van der Waals surface area contributed by atoms with Crippen LogP contribution in [-0.2, 0) is 37.9 Å². The maximum atomic E-state index is 5.94. The summed E-state index contributed by atoms with van der Waals surface area (Å²) in [7, 11) is 0. The molecular weight excluding hydrogens is 700 g/mol. The molecule has 0 unspecified atom stereocenters. The molecule has 12 heteroatoms.